The molecule has 1 aromatic heterocycles. The number of benzene rings is 1. The highest BCUT2D eigenvalue weighted by Gasteiger charge is 2.09. The van der Waals surface area contributed by atoms with E-state index in [1.807, 2.05) is 7.05 Å². The Morgan fingerprint density at radius 2 is 1.75 bits per heavy atom. The molecule has 0 fully saturated rings. The van der Waals surface area contributed by atoms with Crippen molar-refractivity contribution in [2.75, 3.05) is 7.05 Å². The van der Waals surface area contributed by atoms with E-state index < -0.39 is 0 Å². The minimum Gasteiger partial charge on any atom is -0.350 e. The number of hydrogen-bond acceptors (Lipinski definition) is 1. The Balaban J connectivity index is 2.04. The first-order valence-corrected chi connectivity index (χ1v) is 7.67. The standard InChI is InChI=1S/C18H26N2/c1-4-6-18(19-3)17-11-12-20(14-17)13-16-9-7-15(5-2)8-10-16/h7-12,14,18-19H,4-6,13H2,1-3H3. The Kier molecular flexibility index (Phi) is 5.42. The molecule has 0 aliphatic rings. The number of hydrogen-bond donors (Lipinski definition) is 1. The van der Waals surface area contributed by atoms with Gasteiger partial charge in [-0.2, -0.15) is 0 Å². The summed E-state index contributed by atoms with van der Waals surface area (Å²) in [7, 11) is 2.04. The molecule has 2 rings (SSSR count). The van der Waals surface area contributed by atoms with Gasteiger partial charge in [-0.25, -0.2) is 0 Å². The van der Waals surface area contributed by atoms with Gasteiger partial charge in [0.1, 0.15) is 0 Å². The quantitative estimate of drug-likeness (QED) is 0.799. The van der Waals surface area contributed by atoms with Crippen molar-refractivity contribution in [3.05, 3.63) is 59.4 Å². The molecule has 1 heterocycles. The van der Waals surface area contributed by atoms with Crippen LogP contribution in [-0.2, 0) is 13.0 Å². The molecular formula is C18H26N2. The van der Waals surface area contributed by atoms with Crippen molar-refractivity contribution in [2.24, 2.45) is 0 Å². The average Bonchev–Trinajstić information content (AvgIpc) is 2.94. The number of nitrogens with one attached hydrogen (secondary N) is 1. The molecular weight excluding hydrogens is 244 g/mol. The van der Waals surface area contributed by atoms with E-state index in [0.717, 1.165) is 13.0 Å². The third-order valence-corrected chi connectivity index (χ3v) is 3.90. The van der Waals surface area contributed by atoms with Crippen LogP contribution in [0.25, 0.3) is 0 Å². The maximum absolute atomic E-state index is 3.40. The molecule has 0 bridgehead atoms. The maximum atomic E-state index is 3.40. The van der Waals surface area contributed by atoms with Crippen molar-refractivity contribution in [3.8, 4) is 0 Å². The lowest BCUT2D eigenvalue weighted by Gasteiger charge is -2.13. The molecule has 0 aliphatic carbocycles. The lowest BCUT2D eigenvalue weighted by molar-refractivity contribution is 0.540. The van der Waals surface area contributed by atoms with Crippen LogP contribution in [-0.4, -0.2) is 11.6 Å². The lowest BCUT2D eigenvalue weighted by atomic mass is 10.1. The van der Waals surface area contributed by atoms with Crippen molar-refractivity contribution < 1.29 is 0 Å². The normalized spacial score (nSPS) is 12.6. The molecule has 1 unspecified atom stereocenters. The topological polar surface area (TPSA) is 17.0 Å². The smallest absolute Gasteiger partial charge is 0.0470 e. The van der Waals surface area contributed by atoms with Crippen LogP contribution < -0.4 is 5.32 Å². The Morgan fingerprint density at radius 3 is 2.35 bits per heavy atom. The summed E-state index contributed by atoms with van der Waals surface area (Å²) >= 11 is 0. The van der Waals surface area contributed by atoms with Gasteiger partial charge in [0.05, 0.1) is 0 Å². The summed E-state index contributed by atoms with van der Waals surface area (Å²) < 4.78 is 2.27. The molecule has 108 valence electrons. The molecule has 0 saturated heterocycles. The van der Waals surface area contributed by atoms with E-state index >= 15 is 0 Å². The molecule has 2 aromatic rings. The first-order valence-electron chi connectivity index (χ1n) is 7.67. The first kappa shape index (κ1) is 14.9. The average molecular weight is 270 g/mol. The summed E-state index contributed by atoms with van der Waals surface area (Å²) in [5.41, 5.74) is 4.15. The van der Waals surface area contributed by atoms with Crippen LogP contribution in [0.3, 0.4) is 0 Å². The summed E-state index contributed by atoms with van der Waals surface area (Å²) in [6, 6.07) is 11.6. The van der Waals surface area contributed by atoms with E-state index in [-0.39, 0.29) is 0 Å². The highest BCUT2D eigenvalue weighted by atomic mass is 14.9. The molecule has 2 heteroatoms. The van der Waals surface area contributed by atoms with Gasteiger partial charge in [0.2, 0.25) is 0 Å². The second-order valence-electron chi connectivity index (χ2n) is 5.42. The van der Waals surface area contributed by atoms with Gasteiger partial charge in [0.25, 0.3) is 0 Å². The van der Waals surface area contributed by atoms with Gasteiger partial charge < -0.3 is 9.88 Å². The highest BCUT2D eigenvalue weighted by Crippen LogP contribution is 2.19. The monoisotopic (exact) mass is 270 g/mol. The summed E-state index contributed by atoms with van der Waals surface area (Å²) in [6.07, 6.45) is 7.95. The van der Waals surface area contributed by atoms with Crippen LogP contribution in [0, 0.1) is 0 Å². The Labute approximate surface area is 122 Å². The Hall–Kier alpha value is -1.54. The predicted octanol–water partition coefficient (Wildman–Crippen LogP) is 4.16. The zero-order valence-electron chi connectivity index (χ0n) is 12.9. The van der Waals surface area contributed by atoms with Crippen molar-refractivity contribution in [3.63, 3.8) is 0 Å². The molecule has 0 saturated carbocycles. The zero-order chi connectivity index (χ0) is 14.4. The first-order chi connectivity index (χ1) is 9.76. The molecule has 0 radical (unpaired) electrons. The van der Waals surface area contributed by atoms with Crippen molar-refractivity contribution >= 4 is 0 Å². The summed E-state index contributed by atoms with van der Waals surface area (Å²) in [6.45, 7) is 5.38. The van der Waals surface area contributed by atoms with Crippen LogP contribution >= 0.6 is 0 Å². The number of nitrogens with zero attached hydrogens (tertiary/aromatic N) is 1. The molecule has 1 atom stereocenters. The third-order valence-electron chi connectivity index (χ3n) is 3.90. The van der Waals surface area contributed by atoms with Gasteiger partial charge >= 0.3 is 0 Å². The molecule has 1 N–H and O–H groups in total. The van der Waals surface area contributed by atoms with Gasteiger partial charge in [-0.1, -0.05) is 44.5 Å². The van der Waals surface area contributed by atoms with Gasteiger partial charge in [-0.05, 0) is 42.6 Å². The van der Waals surface area contributed by atoms with E-state index in [2.05, 4.69) is 66.5 Å². The van der Waals surface area contributed by atoms with Gasteiger partial charge in [0, 0.05) is 25.0 Å². The van der Waals surface area contributed by atoms with E-state index in [0.29, 0.717) is 6.04 Å². The zero-order valence-corrected chi connectivity index (χ0v) is 12.9. The molecule has 0 aliphatic heterocycles. The fourth-order valence-corrected chi connectivity index (χ4v) is 2.62. The van der Waals surface area contributed by atoms with Crippen molar-refractivity contribution in [1.82, 2.24) is 9.88 Å². The summed E-state index contributed by atoms with van der Waals surface area (Å²) in [4.78, 5) is 0. The third kappa shape index (κ3) is 3.73. The molecule has 1 aromatic carbocycles. The van der Waals surface area contributed by atoms with Crippen LogP contribution in [0.1, 0.15) is 49.4 Å². The van der Waals surface area contributed by atoms with Crippen LogP contribution in [0.4, 0.5) is 0 Å². The fourth-order valence-electron chi connectivity index (χ4n) is 2.62. The molecule has 0 amide bonds. The Morgan fingerprint density at radius 1 is 1.05 bits per heavy atom. The van der Waals surface area contributed by atoms with Gasteiger partial charge in [-0.3, -0.25) is 0 Å². The van der Waals surface area contributed by atoms with Crippen LogP contribution in [0.5, 0.6) is 0 Å². The number of aryl methyl sites for hydroxylation is 1. The fraction of sp³-hybridized carbons (Fsp3) is 0.444. The van der Waals surface area contributed by atoms with E-state index in [9.17, 15) is 0 Å². The second-order valence-corrected chi connectivity index (χ2v) is 5.42. The Bertz CT molecular complexity index is 510. The number of aromatic nitrogens is 1. The SMILES string of the molecule is CCCC(NC)c1ccn(Cc2ccc(CC)cc2)c1. The summed E-state index contributed by atoms with van der Waals surface area (Å²) in [5.74, 6) is 0. The minimum absolute atomic E-state index is 0.476. The molecule has 0 spiro atoms. The predicted molar refractivity (Wildman–Crippen MR) is 86.1 cm³/mol. The van der Waals surface area contributed by atoms with Crippen molar-refractivity contribution in [2.45, 2.75) is 45.7 Å². The summed E-state index contributed by atoms with van der Waals surface area (Å²) in [5, 5.41) is 3.40. The van der Waals surface area contributed by atoms with Crippen molar-refractivity contribution in [1.29, 1.82) is 0 Å². The lowest BCUT2D eigenvalue weighted by Crippen LogP contribution is -2.15. The highest BCUT2D eigenvalue weighted by molar-refractivity contribution is 5.24. The largest absolute Gasteiger partial charge is 0.350 e. The van der Waals surface area contributed by atoms with E-state index in [1.54, 1.807) is 0 Å². The molecule has 20 heavy (non-hydrogen) atoms. The molecule has 2 nitrogen and oxygen atoms in total. The second kappa shape index (κ2) is 7.30. The van der Waals surface area contributed by atoms with Crippen LogP contribution in [0.15, 0.2) is 42.7 Å². The van der Waals surface area contributed by atoms with E-state index in [1.165, 1.54) is 29.5 Å². The van der Waals surface area contributed by atoms with Gasteiger partial charge in [0.15, 0.2) is 0 Å². The van der Waals surface area contributed by atoms with Crippen LogP contribution in [0.2, 0.25) is 0 Å². The minimum atomic E-state index is 0.476. The maximum Gasteiger partial charge on any atom is 0.0470 e. The van der Waals surface area contributed by atoms with Gasteiger partial charge in [-0.15, -0.1) is 0 Å². The van der Waals surface area contributed by atoms with E-state index in [4.69, 9.17) is 0 Å². The number of rotatable bonds is 7.